The summed E-state index contributed by atoms with van der Waals surface area (Å²) in [7, 11) is -4.00. The van der Waals surface area contributed by atoms with E-state index in [1.165, 1.54) is 6.20 Å². The summed E-state index contributed by atoms with van der Waals surface area (Å²) < 4.78 is 27.1. The number of carboxylic acids is 1. The fraction of sp³-hybridized carbons (Fsp3) is 0.500. The summed E-state index contributed by atoms with van der Waals surface area (Å²) in [5.41, 5.74) is 0. The van der Waals surface area contributed by atoms with Crippen molar-refractivity contribution in [3.8, 4) is 12.3 Å². The summed E-state index contributed by atoms with van der Waals surface area (Å²) in [6.45, 7) is 3.29. The van der Waals surface area contributed by atoms with Crippen molar-refractivity contribution in [1.82, 2.24) is 13.9 Å². The number of terminal acetylenes is 1. The van der Waals surface area contributed by atoms with Crippen molar-refractivity contribution >= 4 is 16.0 Å². The zero-order chi connectivity index (χ0) is 15.3. The summed E-state index contributed by atoms with van der Waals surface area (Å²) in [6.07, 6.45) is 7.32. The number of hydrogen-bond donors (Lipinski definition) is 1. The van der Waals surface area contributed by atoms with Crippen molar-refractivity contribution < 1.29 is 18.3 Å². The molecule has 0 unspecified atom stereocenters. The maximum absolute atomic E-state index is 12.3. The number of sulfonamides is 1. The summed E-state index contributed by atoms with van der Waals surface area (Å²) >= 11 is 0. The van der Waals surface area contributed by atoms with Crippen LogP contribution in [0.2, 0.25) is 0 Å². The van der Waals surface area contributed by atoms with Gasteiger partial charge in [-0.25, -0.2) is 13.4 Å². The SMILES string of the molecule is C#CCN(CC(=O)O)S(=O)(=O)c1cn(CCC)c(C)n1. The number of imidazole rings is 1. The van der Waals surface area contributed by atoms with Crippen LogP contribution in [0.15, 0.2) is 11.2 Å². The number of aromatic nitrogens is 2. The minimum atomic E-state index is -4.00. The number of nitrogens with zero attached hydrogens (tertiary/aromatic N) is 3. The Morgan fingerprint density at radius 3 is 2.75 bits per heavy atom. The highest BCUT2D eigenvalue weighted by molar-refractivity contribution is 7.89. The lowest BCUT2D eigenvalue weighted by molar-refractivity contribution is -0.137. The molecule has 0 aliphatic heterocycles. The Bertz CT molecular complexity index is 628. The molecule has 1 N–H and O–H groups in total. The van der Waals surface area contributed by atoms with Crippen LogP contribution in [0.25, 0.3) is 0 Å². The Morgan fingerprint density at radius 2 is 2.25 bits per heavy atom. The standard InChI is InChI=1S/C12H17N3O4S/c1-4-6-14-8-11(13-10(14)3)20(18,19)15(7-5-2)9-12(16)17/h2,8H,4,6-7,9H2,1,3H3,(H,16,17). The van der Waals surface area contributed by atoms with Crippen LogP contribution in [-0.2, 0) is 21.4 Å². The normalized spacial score (nSPS) is 11.5. The molecule has 1 aromatic heterocycles. The van der Waals surface area contributed by atoms with E-state index in [1.807, 2.05) is 6.92 Å². The largest absolute Gasteiger partial charge is 0.480 e. The predicted octanol–water partition coefficient (Wildman–Crippen LogP) is 0.310. The maximum Gasteiger partial charge on any atom is 0.318 e. The molecule has 0 aromatic carbocycles. The highest BCUT2D eigenvalue weighted by Crippen LogP contribution is 2.15. The van der Waals surface area contributed by atoms with E-state index in [1.54, 1.807) is 11.5 Å². The van der Waals surface area contributed by atoms with Gasteiger partial charge in [0.05, 0.1) is 6.54 Å². The zero-order valence-electron chi connectivity index (χ0n) is 11.4. The molecule has 1 rings (SSSR count). The summed E-state index contributed by atoms with van der Waals surface area (Å²) in [5.74, 6) is 1.43. The minimum Gasteiger partial charge on any atom is -0.480 e. The van der Waals surface area contributed by atoms with Gasteiger partial charge in [-0.1, -0.05) is 12.8 Å². The Morgan fingerprint density at radius 1 is 1.60 bits per heavy atom. The molecule has 8 heteroatoms. The fourth-order valence-corrected chi connectivity index (χ4v) is 2.98. The molecule has 0 amide bonds. The molecule has 0 saturated carbocycles. The van der Waals surface area contributed by atoms with E-state index in [9.17, 15) is 13.2 Å². The Hall–Kier alpha value is -1.85. The summed E-state index contributed by atoms with van der Waals surface area (Å²) in [4.78, 5) is 14.7. The topological polar surface area (TPSA) is 92.5 Å². The minimum absolute atomic E-state index is 0.181. The van der Waals surface area contributed by atoms with Crippen molar-refractivity contribution in [1.29, 1.82) is 0 Å². The van der Waals surface area contributed by atoms with E-state index in [-0.39, 0.29) is 11.6 Å². The van der Waals surface area contributed by atoms with Crippen LogP contribution in [0.4, 0.5) is 0 Å². The predicted molar refractivity (Wildman–Crippen MR) is 72.5 cm³/mol. The average Bonchev–Trinajstić information content (AvgIpc) is 2.71. The van der Waals surface area contributed by atoms with Gasteiger partial charge in [0, 0.05) is 12.7 Å². The number of aliphatic carboxylic acids is 1. The Balaban J connectivity index is 3.16. The lowest BCUT2D eigenvalue weighted by Gasteiger charge is -2.15. The molecule has 0 aliphatic carbocycles. The van der Waals surface area contributed by atoms with E-state index < -0.39 is 22.5 Å². The van der Waals surface area contributed by atoms with E-state index in [4.69, 9.17) is 11.5 Å². The molecule has 110 valence electrons. The third-order valence-electron chi connectivity index (χ3n) is 2.60. The van der Waals surface area contributed by atoms with Gasteiger partial charge in [0.15, 0.2) is 5.03 Å². The van der Waals surface area contributed by atoms with Gasteiger partial charge in [0.1, 0.15) is 12.4 Å². The lowest BCUT2D eigenvalue weighted by atomic mass is 10.5. The van der Waals surface area contributed by atoms with Crippen LogP contribution < -0.4 is 0 Å². The quantitative estimate of drug-likeness (QED) is 0.731. The molecule has 0 aliphatic rings. The highest BCUT2D eigenvalue weighted by atomic mass is 32.2. The zero-order valence-corrected chi connectivity index (χ0v) is 12.2. The van der Waals surface area contributed by atoms with Gasteiger partial charge in [-0.05, 0) is 13.3 Å². The molecular weight excluding hydrogens is 282 g/mol. The molecule has 0 atom stereocenters. The maximum atomic E-state index is 12.3. The summed E-state index contributed by atoms with van der Waals surface area (Å²) in [5, 5.41) is 8.58. The van der Waals surface area contributed by atoms with E-state index in [0.29, 0.717) is 16.7 Å². The van der Waals surface area contributed by atoms with E-state index in [0.717, 1.165) is 6.42 Å². The molecule has 0 bridgehead atoms. The first-order valence-corrected chi connectivity index (χ1v) is 7.46. The van der Waals surface area contributed by atoms with Crippen LogP contribution in [0, 0.1) is 19.3 Å². The second-order valence-electron chi connectivity index (χ2n) is 4.19. The number of hydrogen-bond acceptors (Lipinski definition) is 4. The van der Waals surface area contributed by atoms with Gasteiger partial charge in [-0.15, -0.1) is 6.42 Å². The number of aryl methyl sites for hydroxylation is 2. The highest BCUT2D eigenvalue weighted by Gasteiger charge is 2.28. The molecule has 0 radical (unpaired) electrons. The van der Waals surface area contributed by atoms with Crippen molar-refractivity contribution in [3.05, 3.63) is 12.0 Å². The number of carbonyl (C=O) groups is 1. The molecule has 0 spiro atoms. The van der Waals surface area contributed by atoms with Gasteiger partial charge in [0.2, 0.25) is 0 Å². The van der Waals surface area contributed by atoms with Crippen LogP contribution in [-0.4, -0.2) is 46.4 Å². The molecule has 7 nitrogen and oxygen atoms in total. The second kappa shape index (κ2) is 6.54. The molecule has 0 fully saturated rings. The van der Waals surface area contributed by atoms with Crippen LogP contribution in [0.1, 0.15) is 19.2 Å². The average molecular weight is 299 g/mol. The number of carboxylic acid groups (broad SMARTS) is 1. The summed E-state index contributed by atoms with van der Waals surface area (Å²) in [6, 6.07) is 0. The van der Waals surface area contributed by atoms with E-state index >= 15 is 0 Å². The van der Waals surface area contributed by atoms with Crippen molar-refractivity contribution in [2.24, 2.45) is 0 Å². The Kier molecular flexibility index (Phi) is 5.30. The molecular formula is C12H17N3O4S. The first kappa shape index (κ1) is 16.2. The molecule has 1 aromatic rings. The van der Waals surface area contributed by atoms with Gasteiger partial charge in [0.25, 0.3) is 10.0 Å². The van der Waals surface area contributed by atoms with Gasteiger partial charge < -0.3 is 9.67 Å². The monoisotopic (exact) mass is 299 g/mol. The van der Waals surface area contributed by atoms with Gasteiger partial charge in [-0.3, -0.25) is 4.79 Å². The van der Waals surface area contributed by atoms with Crippen LogP contribution in [0.5, 0.6) is 0 Å². The van der Waals surface area contributed by atoms with Gasteiger partial charge in [-0.2, -0.15) is 4.31 Å². The van der Waals surface area contributed by atoms with Crippen molar-refractivity contribution in [3.63, 3.8) is 0 Å². The molecule has 20 heavy (non-hydrogen) atoms. The lowest BCUT2D eigenvalue weighted by Crippen LogP contribution is -2.36. The third kappa shape index (κ3) is 3.59. The van der Waals surface area contributed by atoms with E-state index in [2.05, 4.69) is 10.9 Å². The van der Waals surface area contributed by atoms with Crippen LogP contribution >= 0.6 is 0 Å². The fourth-order valence-electron chi connectivity index (χ4n) is 1.68. The second-order valence-corrected chi connectivity index (χ2v) is 6.08. The molecule has 1 heterocycles. The van der Waals surface area contributed by atoms with Crippen molar-refractivity contribution in [2.75, 3.05) is 13.1 Å². The van der Waals surface area contributed by atoms with Crippen LogP contribution in [0.3, 0.4) is 0 Å². The number of rotatable bonds is 7. The smallest absolute Gasteiger partial charge is 0.318 e. The van der Waals surface area contributed by atoms with Crippen molar-refractivity contribution in [2.45, 2.75) is 31.8 Å². The third-order valence-corrected chi connectivity index (χ3v) is 4.27. The molecule has 0 saturated heterocycles. The first-order valence-electron chi connectivity index (χ1n) is 6.02. The van der Waals surface area contributed by atoms with Gasteiger partial charge >= 0.3 is 5.97 Å². The Labute approximate surface area is 118 Å². The first-order chi connectivity index (χ1) is 9.32.